The molecule has 0 spiro atoms. The van der Waals surface area contributed by atoms with Gasteiger partial charge >= 0.3 is 21.7 Å². The van der Waals surface area contributed by atoms with Crippen LogP contribution in [0.1, 0.15) is 19.3 Å². The molecule has 0 fully saturated rings. The van der Waals surface area contributed by atoms with E-state index in [1.165, 1.54) is 37.7 Å². The van der Waals surface area contributed by atoms with Crippen molar-refractivity contribution in [3.63, 3.8) is 0 Å². The second kappa shape index (κ2) is 21.4. The molecule has 3 aromatic rings. The van der Waals surface area contributed by atoms with Gasteiger partial charge in [0, 0.05) is 7.92 Å². The van der Waals surface area contributed by atoms with E-state index >= 15 is 0 Å². The predicted molar refractivity (Wildman–Crippen MR) is 155 cm³/mol. The zero-order valence-electron chi connectivity index (χ0n) is 21.3. The molecule has 0 atom stereocenters. The van der Waals surface area contributed by atoms with Gasteiger partial charge in [-0.2, -0.15) is 14.1 Å². The van der Waals surface area contributed by atoms with Crippen molar-refractivity contribution in [1.82, 2.24) is 0 Å². The quantitative estimate of drug-likeness (QED) is 0.108. The zero-order chi connectivity index (χ0) is 24.1. The fourth-order valence-corrected chi connectivity index (χ4v) is 6.31. The summed E-state index contributed by atoms with van der Waals surface area (Å²) in [4.78, 5) is 0. The van der Waals surface area contributed by atoms with E-state index in [1.54, 1.807) is 14.1 Å². The van der Waals surface area contributed by atoms with Crippen LogP contribution in [0.3, 0.4) is 0 Å². The maximum absolute atomic E-state index is 4.73. The first-order valence-corrected chi connectivity index (χ1v) is 14.4. The van der Waals surface area contributed by atoms with Crippen molar-refractivity contribution in [1.29, 1.82) is 0 Å². The van der Waals surface area contributed by atoms with Gasteiger partial charge in [0.05, 0.1) is 18.5 Å². The summed E-state index contributed by atoms with van der Waals surface area (Å²) in [7, 11) is 3.11. The largest absolute Gasteiger partial charge is 4.00 e. The standard InChI is InChI=1S/C27H33N3P.C2H6N.Ti/c1-4-13-25(14-5-1)28-19-10-22-31(23-11-20-29-26-15-6-2-7-16-26)24-12-21-30-27-17-8-3-9-18-27;1-3-2;/h1-9,13-18H,10-12,19-24H2;1-2H3;/q-3;-1;+4/p+1. The Balaban J connectivity index is 0.00000145. The Bertz CT molecular complexity index is 724. The van der Waals surface area contributed by atoms with Crippen molar-refractivity contribution >= 4 is 25.0 Å². The summed E-state index contributed by atoms with van der Waals surface area (Å²) in [6, 6.07) is 31.0. The number of rotatable bonds is 15. The second-order valence-corrected chi connectivity index (χ2v) is 11.2. The van der Waals surface area contributed by atoms with Crippen LogP contribution >= 0.6 is 7.92 Å². The van der Waals surface area contributed by atoms with Crippen LogP contribution in [-0.4, -0.2) is 52.2 Å². The first-order chi connectivity index (χ1) is 16.8. The minimum absolute atomic E-state index is 0. The number of benzene rings is 3. The first-order valence-electron chi connectivity index (χ1n) is 12.3. The summed E-state index contributed by atoms with van der Waals surface area (Å²) in [6.45, 7) is 2.79. The van der Waals surface area contributed by atoms with E-state index < -0.39 is 0 Å². The van der Waals surface area contributed by atoms with Gasteiger partial charge in [-0.3, -0.25) is 0 Å². The van der Waals surface area contributed by atoms with Crippen LogP contribution in [0.25, 0.3) is 21.3 Å². The fourth-order valence-electron chi connectivity index (χ4n) is 3.59. The van der Waals surface area contributed by atoms with E-state index in [2.05, 4.69) is 78.1 Å². The van der Waals surface area contributed by atoms with E-state index in [1.807, 2.05) is 18.2 Å². The van der Waals surface area contributed by atoms with Crippen molar-refractivity contribution in [3.05, 3.63) is 112 Å². The molecule has 0 aliphatic heterocycles. The molecule has 35 heavy (non-hydrogen) atoms. The molecule has 0 saturated heterocycles. The summed E-state index contributed by atoms with van der Waals surface area (Å²) in [5.74, 6) is 0. The number of para-hydroxylation sites is 3. The van der Waals surface area contributed by atoms with Gasteiger partial charge in [0.2, 0.25) is 0 Å². The van der Waals surface area contributed by atoms with Gasteiger partial charge in [0.25, 0.3) is 0 Å². The molecular weight excluding hydrogens is 483 g/mol. The average molecular weight is 524 g/mol. The molecule has 3 aromatic carbocycles. The smallest absolute Gasteiger partial charge is 0.684 e. The van der Waals surface area contributed by atoms with Gasteiger partial charge in [-0.15, -0.1) is 36.7 Å². The van der Waals surface area contributed by atoms with Gasteiger partial charge in [-0.05, 0) is 19.3 Å². The Labute approximate surface area is 229 Å². The first kappa shape index (κ1) is 31.2. The van der Waals surface area contributed by atoms with Crippen molar-refractivity contribution in [2.24, 2.45) is 0 Å². The predicted octanol–water partition coefficient (Wildman–Crippen LogP) is 9.10. The Hall–Kier alpha value is -1.84. The molecular formula is C29H40N4PTi+. The molecule has 0 radical (unpaired) electrons. The van der Waals surface area contributed by atoms with E-state index in [0.29, 0.717) is 0 Å². The minimum atomic E-state index is -0.386. The number of hydrogen-bond donors (Lipinski definition) is 0. The summed E-state index contributed by atoms with van der Waals surface area (Å²) in [5.41, 5.74) is 3.29. The molecule has 0 amide bonds. The monoisotopic (exact) mass is 523 g/mol. The van der Waals surface area contributed by atoms with Gasteiger partial charge in [0.15, 0.2) is 0 Å². The molecule has 0 heterocycles. The summed E-state index contributed by atoms with van der Waals surface area (Å²) in [6.07, 6.45) is 7.56. The molecule has 0 bridgehead atoms. The zero-order valence-corrected chi connectivity index (χ0v) is 23.9. The van der Waals surface area contributed by atoms with Crippen molar-refractivity contribution in [2.45, 2.75) is 19.3 Å². The van der Waals surface area contributed by atoms with Gasteiger partial charge in [-0.1, -0.05) is 91.0 Å². The average Bonchev–Trinajstić information content (AvgIpc) is 2.89. The normalized spacial score (nSPS) is 10.0. The van der Waals surface area contributed by atoms with Crippen LogP contribution in [-0.2, 0) is 21.7 Å². The molecule has 184 valence electrons. The van der Waals surface area contributed by atoms with E-state index in [9.17, 15) is 0 Å². The summed E-state index contributed by atoms with van der Waals surface area (Å²) in [5, 5.41) is 17.7. The van der Waals surface area contributed by atoms with Crippen molar-refractivity contribution in [3.8, 4) is 0 Å². The summed E-state index contributed by atoms with van der Waals surface area (Å²) < 4.78 is 0. The van der Waals surface area contributed by atoms with Crippen LogP contribution in [0.4, 0.5) is 17.1 Å². The maximum atomic E-state index is 4.73. The molecule has 0 aromatic heterocycles. The Kier molecular flexibility index (Phi) is 19.1. The van der Waals surface area contributed by atoms with E-state index in [4.69, 9.17) is 16.0 Å². The molecule has 4 nitrogen and oxygen atoms in total. The minimum Gasteiger partial charge on any atom is -0.684 e. The van der Waals surface area contributed by atoms with Crippen molar-refractivity contribution in [2.75, 3.05) is 52.2 Å². The second-order valence-electron chi connectivity index (χ2n) is 8.16. The molecule has 6 heteroatoms. The third kappa shape index (κ3) is 15.7. The number of hydrogen-bond acceptors (Lipinski definition) is 0. The summed E-state index contributed by atoms with van der Waals surface area (Å²) >= 11 is 0. The van der Waals surface area contributed by atoms with Gasteiger partial charge in [-0.25, -0.2) is 0 Å². The Morgan fingerprint density at radius 2 is 0.743 bits per heavy atom. The fraction of sp³-hybridized carbons (Fsp3) is 0.379. The maximum Gasteiger partial charge on any atom is 4.00 e. The van der Waals surface area contributed by atoms with Crippen LogP contribution in [0.5, 0.6) is 0 Å². The van der Waals surface area contributed by atoms with Crippen LogP contribution < -0.4 is 0 Å². The Morgan fingerprint density at radius 1 is 0.486 bits per heavy atom. The van der Waals surface area contributed by atoms with Gasteiger partial charge in [0.1, 0.15) is 0 Å². The van der Waals surface area contributed by atoms with Crippen molar-refractivity contribution < 1.29 is 21.7 Å². The van der Waals surface area contributed by atoms with E-state index in [0.717, 1.165) is 36.7 Å². The third-order valence-corrected chi connectivity index (χ3v) is 8.40. The molecule has 0 N–H and O–H groups in total. The molecule has 0 unspecified atom stereocenters. The molecule has 3 rings (SSSR count). The van der Waals surface area contributed by atoms with Crippen LogP contribution in [0, 0.1) is 0 Å². The van der Waals surface area contributed by atoms with Gasteiger partial charge < -0.3 is 21.3 Å². The van der Waals surface area contributed by atoms with Crippen LogP contribution in [0.2, 0.25) is 0 Å². The molecule has 0 aliphatic carbocycles. The topological polar surface area (TPSA) is 56.4 Å². The van der Waals surface area contributed by atoms with Crippen LogP contribution in [0.15, 0.2) is 91.0 Å². The molecule has 0 aliphatic rings. The van der Waals surface area contributed by atoms with E-state index in [-0.39, 0.29) is 29.6 Å². The molecule has 0 saturated carbocycles. The number of nitrogens with zero attached hydrogens (tertiary/aromatic N) is 4. The SMILES string of the molecule is C[N-]C.[Ti+4].c1ccc([N-]CCC[PH+](CCC[N-]c2ccccc2)CCC[N-]c2ccccc2)cc1. The third-order valence-electron chi connectivity index (χ3n) is 5.22. The Morgan fingerprint density at radius 3 is 1.00 bits per heavy atom.